The Labute approximate surface area is 121 Å². The molecular weight excluding hydrogens is 260 g/mol. The van der Waals surface area contributed by atoms with Crippen molar-refractivity contribution in [3.05, 3.63) is 0 Å². The van der Waals surface area contributed by atoms with Crippen LogP contribution in [-0.4, -0.2) is 73.4 Å². The summed E-state index contributed by atoms with van der Waals surface area (Å²) in [5, 5.41) is 6.40. The van der Waals surface area contributed by atoms with Crippen molar-refractivity contribution in [3.63, 3.8) is 0 Å². The molecule has 0 aromatic rings. The van der Waals surface area contributed by atoms with Gasteiger partial charge in [0.15, 0.2) is 0 Å². The van der Waals surface area contributed by atoms with Crippen LogP contribution >= 0.6 is 0 Å². The lowest BCUT2D eigenvalue weighted by Gasteiger charge is -2.27. The first-order chi connectivity index (χ1) is 9.27. The molecule has 0 radical (unpaired) electrons. The third kappa shape index (κ3) is 7.15. The summed E-state index contributed by atoms with van der Waals surface area (Å²) in [6.45, 7) is 1.58. The molecule has 0 aromatic heterocycles. The highest BCUT2D eigenvalue weighted by Gasteiger charge is 2.10. The minimum Gasteiger partial charge on any atom is -0.350 e. The van der Waals surface area contributed by atoms with E-state index in [1.54, 1.807) is 24.1 Å². The highest BCUT2D eigenvalue weighted by Crippen LogP contribution is 2.04. The molecule has 0 aliphatic heterocycles. The van der Waals surface area contributed by atoms with E-state index in [4.69, 9.17) is 11.5 Å². The number of nitrogens with two attached hydrogens (primary N) is 2. The third-order valence-electron chi connectivity index (χ3n) is 3.38. The van der Waals surface area contributed by atoms with Crippen LogP contribution in [0.5, 0.6) is 0 Å². The smallest absolute Gasteiger partial charge is 0.329 e. The molecule has 0 rings (SSSR count). The van der Waals surface area contributed by atoms with Crippen LogP contribution in [0.1, 0.15) is 25.7 Å². The zero-order chi connectivity index (χ0) is 15.7. The molecule has 0 unspecified atom stereocenters. The first-order valence-electron chi connectivity index (χ1n) is 6.75. The molecular formula is C12H28N6O2. The predicted octanol–water partition coefficient (Wildman–Crippen LogP) is 0.261. The number of rotatable bonds is 9. The Morgan fingerprint density at radius 1 is 0.700 bits per heavy atom. The van der Waals surface area contributed by atoms with E-state index in [2.05, 4.69) is 0 Å². The average Bonchev–Trinajstić information content (AvgIpc) is 2.39. The van der Waals surface area contributed by atoms with Crippen molar-refractivity contribution in [2.45, 2.75) is 25.7 Å². The van der Waals surface area contributed by atoms with Crippen molar-refractivity contribution in [1.29, 1.82) is 0 Å². The van der Waals surface area contributed by atoms with E-state index < -0.39 is 12.1 Å². The zero-order valence-corrected chi connectivity index (χ0v) is 13.0. The van der Waals surface area contributed by atoms with E-state index in [9.17, 15) is 9.59 Å². The predicted molar refractivity (Wildman–Crippen MR) is 78.4 cm³/mol. The molecule has 0 fully saturated rings. The summed E-state index contributed by atoms with van der Waals surface area (Å²) in [6.07, 6.45) is 4.10. The minimum absolute atomic E-state index is 0.455. The molecule has 0 bridgehead atoms. The van der Waals surface area contributed by atoms with Gasteiger partial charge in [0, 0.05) is 41.3 Å². The van der Waals surface area contributed by atoms with Gasteiger partial charge in [0.25, 0.3) is 0 Å². The number of hydrazine groups is 2. The molecule has 0 saturated heterocycles. The lowest BCUT2D eigenvalue weighted by atomic mass is 10.2. The summed E-state index contributed by atoms with van der Waals surface area (Å²) in [5.74, 6) is 0. The van der Waals surface area contributed by atoms with E-state index in [0.717, 1.165) is 38.8 Å². The summed E-state index contributed by atoms with van der Waals surface area (Å²) < 4.78 is 0. The minimum atomic E-state index is -0.455. The summed E-state index contributed by atoms with van der Waals surface area (Å²) in [4.78, 5) is 21.9. The van der Waals surface area contributed by atoms with Gasteiger partial charge >= 0.3 is 12.1 Å². The Hall–Kier alpha value is -1.54. The molecule has 0 aliphatic rings. The van der Waals surface area contributed by atoms with Crippen LogP contribution in [0.2, 0.25) is 0 Å². The highest BCUT2D eigenvalue weighted by molar-refractivity contribution is 5.71. The molecule has 20 heavy (non-hydrogen) atoms. The van der Waals surface area contributed by atoms with Crippen LogP contribution in [0.25, 0.3) is 0 Å². The van der Waals surface area contributed by atoms with Gasteiger partial charge in [0.2, 0.25) is 0 Å². The Balaban J connectivity index is 3.63. The van der Waals surface area contributed by atoms with Crippen LogP contribution in [-0.2, 0) is 0 Å². The van der Waals surface area contributed by atoms with Crippen LogP contribution < -0.4 is 11.5 Å². The quantitative estimate of drug-likeness (QED) is 0.469. The van der Waals surface area contributed by atoms with Crippen molar-refractivity contribution in [3.8, 4) is 0 Å². The Bertz CT molecular complexity index is 282. The number of carbonyl (C=O) groups excluding carboxylic acids is 2. The van der Waals surface area contributed by atoms with Crippen LogP contribution in [0.3, 0.4) is 0 Å². The van der Waals surface area contributed by atoms with Crippen molar-refractivity contribution in [2.75, 3.05) is 41.3 Å². The van der Waals surface area contributed by atoms with Crippen molar-refractivity contribution in [1.82, 2.24) is 20.0 Å². The second-order valence-electron chi connectivity index (χ2n) is 4.90. The van der Waals surface area contributed by atoms with Gasteiger partial charge in [-0.25, -0.2) is 19.6 Å². The topological polar surface area (TPSA) is 99.1 Å². The van der Waals surface area contributed by atoms with Gasteiger partial charge in [-0.3, -0.25) is 10.0 Å². The number of nitrogens with zero attached hydrogens (tertiary/aromatic N) is 4. The number of amides is 4. The van der Waals surface area contributed by atoms with Gasteiger partial charge in [-0.2, -0.15) is 0 Å². The van der Waals surface area contributed by atoms with E-state index in [0.29, 0.717) is 0 Å². The average molecular weight is 288 g/mol. The summed E-state index contributed by atoms with van der Waals surface area (Å²) in [6, 6.07) is -0.910. The third-order valence-corrected chi connectivity index (χ3v) is 3.38. The number of urea groups is 2. The van der Waals surface area contributed by atoms with Gasteiger partial charge in [0.1, 0.15) is 0 Å². The summed E-state index contributed by atoms with van der Waals surface area (Å²) in [5.41, 5.74) is 10.3. The van der Waals surface area contributed by atoms with Gasteiger partial charge < -0.3 is 11.5 Å². The fourth-order valence-electron chi connectivity index (χ4n) is 1.67. The van der Waals surface area contributed by atoms with Crippen molar-refractivity contribution in [2.24, 2.45) is 11.5 Å². The Morgan fingerprint density at radius 3 is 1.25 bits per heavy atom. The summed E-state index contributed by atoms with van der Waals surface area (Å²) >= 11 is 0. The first-order valence-corrected chi connectivity index (χ1v) is 6.75. The van der Waals surface area contributed by atoms with Crippen LogP contribution in [0.15, 0.2) is 0 Å². The number of unbranched alkanes of at least 4 members (excludes halogenated alkanes) is 3. The molecule has 8 heteroatoms. The number of hydrogen-bond donors (Lipinski definition) is 2. The molecule has 0 spiro atoms. The number of hydrogen-bond acceptors (Lipinski definition) is 4. The van der Waals surface area contributed by atoms with Gasteiger partial charge in [-0.15, -0.1) is 0 Å². The van der Waals surface area contributed by atoms with E-state index in [-0.39, 0.29) is 0 Å². The highest BCUT2D eigenvalue weighted by atomic mass is 16.2. The van der Waals surface area contributed by atoms with Gasteiger partial charge in [-0.1, -0.05) is 12.8 Å². The van der Waals surface area contributed by atoms with Crippen LogP contribution in [0.4, 0.5) is 9.59 Å². The maximum Gasteiger partial charge on any atom is 0.329 e. The fourth-order valence-corrected chi connectivity index (χ4v) is 1.67. The molecule has 0 saturated carbocycles. The lowest BCUT2D eigenvalue weighted by molar-refractivity contribution is 0.0618. The molecule has 0 aliphatic carbocycles. The SMILES string of the molecule is CN(CCCCCCN(C)N(C)C(N)=O)N(C)C(N)=O. The van der Waals surface area contributed by atoms with E-state index in [1.807, 2.05) is 14.1 Å². The van der Waals surface area contributed by atoms with Gasteiger partial charge in [0.05, 0.1) is 0 Å². The molecule has 0 atom stereocenters. The van der Waals surface area contributed by atoms with Crippen molar-refractivity contribution >= 4 is 12.1 Å². The lowest BCUT2D eigenvalue weighted by Crippen LogP contribution is -2.44. The maximum absolute atomic E-state index is 10.9. The molecule has 8 nitrogen and oxygen atoms in total. The molecule has 0 heterocycles. The second-order valence-corrected chi connectivity index (χ2v) is 4.90. The van der Waals surface area contributed by atoms with Crippen LogP contribution in [0, 0.1) is 0 Å². The molecule has 0 aromatic carbocycles. The largest absolute Gasteiger partial charge is 0.350 e. The standard InChI is InChI=1S/C12H28N6O2/c1-15(17(3)11(13)19)9-7-5-6-8-10-16(2)18(4)12(14)20/h5-10H2,1-4H3,(H2,13,19)(H2,14,20). The van der Waals surface area contributed by atoms with Crippen molar-refractivity contribution < 1.29 is 9.59 Å². The Kier molecular flexibility index (Phi) is 8.66. The Morgan fingerprint density at radius 2 is 1.00 bits per heavy atom. The number of primary amides is 2. The molecule has 4 N–H and O–H groups in total. The molecule has 118 valence electrons. The molecule has 4 amide bonds. The normalized spacial score (nSPS) is 10.9. The first kappa shape index (κ1) is 18.5. The number of carbonyl (C=O) groups is 2. The summed E-state index contributed by atoms with van der Waals surface area (Å²) in [7, 11) is 6.97. The van der Waals surface area contributed by atoms with E-state index in [1.165, 1.54) is 10.0 Å². The fraction of sp³-hybridized carbons (Fsp3) is 0.833. The maximum atomic E-state index is 10.9. The van der Waals surface area contributed by atoms with E-state index >= 15 is 0 Å². The van der Waals surface area contributed by atoms with Gasteiger partial charge in [-0.05, 0) is 12.8 Å². The second kappa shape index (κ2) is 9.38. The monoisotopic (exact) mass is 288 g/mol. The zero-order valence-electron chi connectivity index (χ0n) is 13.0.